The number of carbonyl (C=O) groups excluding carboxylic acids is 3. The minimum Gasteiger partial charge on any atom is -0.497 e. The summed E-state index contributed by atoms with van der Waals surface area (Å²) >= 11 is 0. The molecule has 2 N–H and O–H groups in total. The van der Waals surface area contributed by atoms with Crippen molar-refractivity contribution in [1.82, 2.24) is 15.5 Å². The number of furan rings is 1. The van der Waals surface area contributed by atoms with Crippen LogP contribution in [0.5, 0.6) is 5.75 Å². The zero-order valence-corrected chi connectivity index (χ0v) is 16.0. The minimum atomic E-state index is -1.20. The summed E-state index contributed by atoms with van der Waals surface area (Å²) < 4.78 is 10.4. The van der Waals surface area contributed by atoms with Gasteiger partial charge in [-0.05, 0) is 43.2 Å². The lowest BCUT2D eigenvalue weighted by molar-refractivity contribution is -0.135. The molecule has 0 spiro atoms. The van der Waals surface area contributed by atoms with Gasteiger partial charge in [0.2, 0.25) is 5.91 Å². The second-order valence-electron chi connectivity index (χ2n) is 6.61. The molecule has 8 nitrogen and oxygen atoms in total. The Bertz CT molecular complexity index is 862. The number of nitrogens with one attached hydrogen (secondary N) is 2. The zero-order valence-electron chi connectivity index (χ0n) is 16.0. The lowest BCUT2D eigenvalue weighted by Gasteiger charge is -2.26. The molecule has 0 unspecified atom stereocenters. The Labute approximate surface area is 162 Å². The number of hydrogen-bond donors (Lipinski definition) is 2. The molecule has 0 radical (unpaired) electrons. The SMILES string of the molecule is CC[C@]1(c2ccc(OC)cc2)NC(=O)N(CC(=O)N[C@H](C)c2ccco2)C1=O. The van der Waals surface area contributed by atoms with E-state index < -0.39 is 23.4 Å². The molecule has 0 aliphatic carbocycles. The molecule has 1 aromatic carbocycles. The van der Waals surface area contributed by atoms with Gasteiger partial charge >= 0.3 is 6.03 Å². The lowest BCUT2D eigenvalue weighted by atomic mass is 9.87. The van der Waals surface area contributed by atoms with Gasteiger partial charge < -0.3 is 19.8 Å². The molecule has 2 atom stereocenters. The summed E-state index contributed by atoms with van der Waals surface area (Å²) in [6, 6.07) is 9.43. The van der Waals surface area contributed by atoms with Gasteiger partial charge in [-0.1, -0.05) is 19.1 Å². The molecule has 3 rings (SSSR count). The number of hydrogen-bond acceptors (Lipinski definition) is 5. The normalized spacial score (nSPS) is 20.0. The third kappa shape index (κ3) is 3.45. The molecule has 0 saturated carbocycles. The van der Waals surface area contributed by atoms with Crippen LogP contribution in [-0.4, -0.2) is 36.4 Å². The Morgan fingerprint density at radius 1 is 1.29 bits per heavy atom. The van der Waals surface area contributed by atoms with E-state index in [9.17, 15) is 14.4 Å². The van der Waals surface area contributed by atoms with Crippen molar-refractivity contribution in [3.8, 4) is 5.75 Å². The smallest absolute Gasteiger partial charge is 0.325 e. The van der Waals surface area contributed by atoms with Crippen LogP contribution in [0.2, 0.25) is 0 Å². The van der Waals surface area contributed by atoms with Crippen molar-refractivity contribution < 1.29 is 23.5 Å². The van der Waals surface area contributed by atoms with E-state index in [2.05, 4.69) is 10.6 Å². The fourth-order valence-corrected chi connectivity index (χ4v) is 3.32. The van der Waals surface area contributed by atoms with E-state index in [1.807, 2.05) is 6.92 Å². The topological polar surface area (TPSA) is 101 Å². The van der Waals surface area contributed by atoms with Gasteiger partial charge in [0.1, 0.15) is 23.6 Å². The Morgan fingerprint density at radius 3 is 2.57 bits per heavy atom. The summed E-state index contributed by atoms with van der Waals surface area (Å²) in [5, 5.41) is 5.48. The van der Waals surface area contributed by atoms with E-state index in [-0.39, 0.29) is 12.6 Å². The van der Waals surface area contributed by atoms with Crippen LogP contribution < -0.4 is 15.4 Å². The number of benzene rings is 1. The number of carbonyl (C=O) groups is 3. The van der Waals surface area contributed by atoms with Crippen molar-refractivity contribution in [3.05, 3.63) is 54.0 Å². The van der Waals surface area contributed by atoms with Crippen LogP contribution in [0.4, 0.5) is 4.79 Å². The number of imide groups is 1. The average molecular weight is 385 g/mol. The molecule has 0 bridgehead atoms. The van der Waals surface area contributed by atoms with Crippen molar-refractivity contribution >= 4 is 17.8 Å². The summed E-state index contributed by atoms with van der Waals surface area (Å²) in [6.45, 7) is 3.20. The number of rotatable bonds is 7. The van der Waals surface area contributed by atoms with Gasteiger partial charge in [-0.3, -0.25) is 14.5 Å². The molecule has 1 saturated heterocycles. The number of ether oxygens (including phenoxy) is 1. The molecule has 2 heterocycles. The number of methoxy groups -OCH3 is 1. The highest BCUT2D eigenvalue weighted by molar-refractivity contribution is 6.09. The maximum absolute atomic E-state index is 13.1. The third-order valence-corrected chi connectivity index (χ3v) is 4.94. The summed E-state index contributed by atoms with van der Waals surface area (Å²) in [5.74, 6) is 0.335. The van der Waals surface area contributed by atoms with Crippen molar-refractivity contribution in [2.24, 2.45) is 0 Å². The number of urea groups is 1. The standard InChI is InChI=1S/C20H23N3O5/c1-4-20(14-7-9-15(27-3)10-8-14)18(25)23(19(26)22-20)12-17(24)21-13(2)16-6-5-11-28-16/h5-11,13H,4,12H2,1-3H3,(H,21,24)(H,22,26)/t13-,20-/m1/s1. The maximum Gasteiger partial charge on any atom is 0.325 e. The zero-order chi connectivity index (χ0) is 20.3. The Morgan fingerprint density at radius 2 is 2.00 bits per heavy atom. The molecule has 2 aromatic rings. The Hall–Kier alpha value is -3.29. The van der Waals surface area contributed by atoms with Gasteiger partial charge in [0, 0.05) is 0 Å². The fraction of sp³-hybridized carbons (Fsp3) is 0.350. The van der Waals surface area contributed by atoms with Gasteiger partial charge in [0.25, 0.3) is 5.91 Å². The highest BCUT2D eigenvalue weighted by atomic mass is 16.5. The monoisotopic (exact) mass is 385 g/mol. The molecule has 1 fully saturated rings. The van der Waals surface area contributed by atoms with Crippen LogP contribution in [0.1, 0.15) is 37.6 Å². The van der Waals surface area contributed by atoms with Gasteiger partial charge in [0.15, 0.2) is 0 Å². The fourth-order valence-electron chi connectivity index (χ4n) is 3.32. The number of nitrogens with zero attached hydrogens (tertiary/aromatic N) is 1. The van der Waals surface area contributed by atoms with Crippen molar-refractivity contribution in [2.45, 2.75) is 31.8 Å². The first kappa shape index (κ1) is 19.5. The Kier molecular flexibility index (Phi) is 5.39. The van der Waals surface area contributed by atoms with Crippen molar-refractivity contribution in [2.75, 3.05) is 13.7 Å². The second kappa shape index (κ2) is 7.75. The first-order chi connectivity index (χ1) is 13.4. The quantitative estimate of drug-likeness (QED) is 0.713. The molecule has 8 heteroatoms. The van der Waals surface area contributed by atoms with E-state index in [0.717, 1.165) is 4.90 Å². The van der Waals surface area contributed by atoms with Gasteiger partial charge in [0.05, 0.1) is 19.4 Å². The van der Waals surface area contributed by atoms with Crippen LogP contribution in [0, 0.1) is 0 Å². The van der Waals surface area contributed by atoms with Crippen molar-refractivity contribution in [3.63, 3.8) is 0 Å². The van der Waals surface area contributed by atoms with Crippen LogP contribution in [0.3, 0.4) is 0 Å². The lowest BCUT2D eigenvalue weighted by Crippen LogP contribution is -2.45. The molecule has 1 aromatic heterocycles. The van der Waals surface area contributed by atoms with Gasteiger partial charge in [-0.2, -0.15) is 0 Å². The minimum absolute atomic E-state index is 0.352. The molecule has 4 amide bonds. The summed E-state index contributed by atoms with van der Waals surface area (Å²) in [4.78, 5) is 38.9. The predicted molar refractivity (Wildman–Crippen MR) is 100 cm³/mol. The van der Waals surface area contributed by atoms with Crippen LogP contribution in [0.25, 0.3) is 0 Å². The summed E-state index contributed by atoms with van der Waals surface area (Å²) in [5.41, 5.74) is -0.558. The first-order valence-corrected chi connectivity index (χ1v) is 9.02. The molecule has 1 aliphatic rings. The maximum atomic E-state index is 13.1. The van der Waals surface area contributed by atoms with Crippen molar-refractivity contribution in [1.29, 1.82) is 0 Å². The molecule has 148 valence electrons. The largest absolute Gasteiger partial charge is 0.497 e. The molecular weight excluding hydrogens is 362 g/mol. The van der Waals surface area contributed by atoms with Gasteiger partial charge in [-0.15, -0.1) is 0 Å². The van der Waals surface area contributed by atoms with Crippen LogP contribution in [0.15, 0.2) is 47.1 Å². The highest BCUT2D eigenvalue weighted by Crippen LogP contribution is 2.33. The highest BCUT2D eigenvalue weighted by Gasteiger charge is 2.51. The molecule has 28 heavy (non-hydrogen) atoms. The second-order valence-corrected chi connectivity index (χ2v) is 6.61. The molecule has 1 aliphatic heterocycles. The average Bonchev–Trinajstić information content (AvgIpc) is 3.31. The van der Waals surface area contributed by atoms with Crippen LogP contribution >= 0.6 is 0 Å². The van der Waals surface area contributed by atoms with Crippen LogP contribution in [-0.2, 0) is 15.1 Å². The molecular formula is C20H23N3O5. The first-order valence-electron chi connectivity index (χ1n) is 9.02. The predicted octanol–water partition coefficient (Wildman–Crippen LogP) is 2.32. The Balaban J connectivity index is 1.75. The third-order valence-electron chi connectivity index (χ3n) is 4.94. The summed E-state index contributed by atoms with van der Waals surface area (Å²) in [7, 11) is 1.55. The van der Waals surface area contributed by atoms with Gasteiger partial charge in [-0.25, -0.2) is 4.79 Å². The van der Waals surface area contributed by atoms with E-state index >= 15 is 0 Å². The van der Waals surface area contributed by atoms with E-state index in [1.165, 1.54) is 6.26 Å². The van der Waals surface area contributed by atoms with E-state index in [0.29, 0.717) is 23.5 Å². The van der Waals surface area contributed by atoms with E-state index in [4.69, 9.17) is 9.15 Å². The summed E-state index contributed by atoms with van der Waals surface area (Å²) in [6.07, 6.45) is 1.87. The van der Waals surface area contributed by atoms with E-state index in [1.54, 1.807) is 50.4 Å². The number of amides is 4.